The molecular formula is C22H18N4. The molecule has 1 N–H and O–H groups in total. The van der Waals surface area contributed by atoms with Gasteiger partial charge in [0.25, 0.3) is 0 Å². The number of pyridine rings is 1. The number of hydrogen-bond donors (Lipinski definition) is 1. The van der Waals surface area contributed by atoms with E-state index in [1.807, 2.05) is 24.5 Å². The molecule has 0 aliphatic heterocycles. The standard InChI is InChI=1S/C22H18N4/c1-2-6-18-15(4-1)5-3-7-19(18)22-20(16-10-12-23-13-11-16)14-21(25-26-22)24-17-8-9-17/h1-7,10-14,17H,8-9H2,(H,24,25). The topological polar surface area (TPSA) is 50.7 Å². The van der Waals surface area contributed by atoms with Crippen LogP contribution in [-0.2, 0) is 0 Å². The van der Waals surface area contributed by atoms with Crippen molar-refractivity contribution in [1.82, 2.24) is 15.2 Å². The van der Waals surface area contributed by atoms with Gasteiger partial charge < -0.3 is 5.32 Å². The number of nitrogens with zero attached hydrogens (tertiary/aromatic N) is 3. The average molecular weight is 338 g/mol. The number of aromatic nitrogens is 3. The third-order valence-corrected chi connectivity index (χ3v) is 4.76. The molecule has 4 nitrogen and oxygen atoms in total. The molecule has 1 saturated carbocycles. The Kier molecular flexibility index (Phi) is 3.60. The third kappa shape index (κ3) is 2.80. The summed E-state index contributed by atoms with van der Waals surface area (Å²) in [5, 5.41) is 14.9. The maximum absolute atomic E-state index is 4.62. The second-order valence-electron chi connectivity index (χ2n) is 6.67. The lowest BCUT2D eigenvalue weighted by atomic mass is 9.96. The van der Waals surface area contributed by atoms with Crippen molar-refractivity contribution < 1.29 is 0 Å². The molecular weight excluding hydrogens is 320 g/mol. The first kappa shape index (κ1) is 15.0. The zero-order valence-electron chi connectivity index (χ0n) is 14.3. The van der Waals surface area contributed by atoms with Crippen LogP contribution >= 0.6 is 0 Å². The second kappa shape index (κ2) is 6.23. The molecule has 0 unspecified atom stereocenters. The van der Waals surface area contributed by atoms with Crippen molar-refractivity contribution in [3.05, 3.63) is 73.1 Å². The number of rotatable bonds is 4. The van der Waals surface area contributed by atoms with Gasteiger partial charge in [0.05, 0.1) is 0 Å². The van der Waals surface area contributed by atoms with E-state index in [1.165, 1.54) is 23.6 Å². The summed E-state index contributed by atoms with van der Waals surface area (Å²) in [6.45, 7) is 0. The van der Waals surface area contributed by atoms with E-state index in [9.17, 15) is 0 Å². The van der Waals surface area contributed by atoms with Gasteiger partial charge in [-0.15, -0.1) is 10.2 Å². The summed E-state index contributed by atoms with van der Waals surface area (Å²) < 4.78 is 0. The summed E-state index contributed by atoms with van der Waals surface area (Å²) in [7, 11) is 0. The highest BCUT2D eigenvalue weighted by atomic mass is 15.2. The molecule has 4 heteroatoms. The minimum Gasteiger partial charge on any atom is -0.366 e. The molecule has 2 aromatic carbocycles. The Morgan fingerprint density at radius 3 is 2.46 bits per heavy atom. The fourth-order valence-corrected chi connectivity index (χ4v) is 3.28. The van der Waals surface area contributed by atoms with E-state index in [0.717, 1.165) is 28.2 Å². The summed E-state index contributed by atoms with van der Waals surface area (Å²) in [5.41, 5.74) is 4.16. The molecule has 2 aromatic heterocycles. The molecule has 2 heterocycles. The van der Waals surface area contributed by atoms with Crippen LogP contribution in [0.3, 0.4) is 0 Å². The predicted octanol–water partition coefficient (Wildman–Crippen LogP) is 4.93. The number of nitrogens with one attached hydrogen (secondary N) is 1. The Bertz CT molecular complexity index is 1070. The molecule has 0 spiro atoms. The zero-order chi connectivity index (χ0) is 17.3. The van der Waals surface area contributed by atoms with Crippen molar-refractivity contribution in [2.75, 3.05) is 5.32 Å². The third-order valence-electron chi connectivity index (χ3n) is 4.76. The van der Waals surface area contributed by atoms with Crippen LogP contribution in [0.25, 0.3) is 33.2 Å². The maximum Gasteiger partial charge on any atom is 0.149 e. The highest BCUT2D eigenvalue weighted by Crippen LogP contribution is 2.35. The smallest absolute Gasteiger partial charge is 0.149 e. The van der Waals surface area contributed by atoms with Gasteiger partial charge in [0, 0.05) is 29.6 Å². The Morgan fingerprint density at radius 1 is 0.808 bits per heavy atom. The molecule has 1 aliphatic carbocycles. The van der Waals surface area contributed by atoms with Crippen LogP contribution in [0, 0.1) is 0 Å². The number of hydrogen-bond acceptors (Lipinski definition) is 4. The van der Waals surface area contributed by atoms with Crippen molar-refractivity contribution in [3.63, 3.8) is 0 Å². The molecule has 126 valence electrons. The summed E-state index contributed by atoms with van der Waals surface area (Å²) in [6, 6.07) is 21.4. The van der Waals surface area contributed by atoms with Crippen LogP contribution in [0.5, 0.6) is 0 Å². The molecule has 0 atom stereocenters. The van der Waals surface area contributed by atoms with Gasteiger partial charge in [-0.05, 0) is 47.4 Å². The van der Waals surface area contributed by atoms with Crippen LogP contribution in [0.15, 0.2) is 73.1 Å². The molecule has 0 radical (unpaired) electrons. The van der Waals surface area contributed by atoms with Crippen LogP contribution in [0.2, 0.25) is 0 Å². The van der Waals surface area contributed by atoms with Crippen molar-refractivity contribution in [2.24, 2.45) is 0 Å². The van der Waals surface area contributed by atoms with E-state index in [1.54, 1.807) is 0 Å². The molecule has 0 amide bonds. The van der Waals surface area contributed by atoms with Gasteiger partial charge in [0.15, 0.2) is 0 Å². The van der Waals surface area contributed by atoms with Crippen molar-refractivity contribution in [3.8, 4) is 22.4 Å². The van der Waals surface area contributed by atoms with Crippen molar-refractivity contribution in [2.45, 2.75) is 18.9 Å². The van der Waals surface area contributed by atoms with Gasteiger partial charge in [0.2, 0.25) is 0 Å². The van der Waals surface area contributed by atoms with Gasteiger partial charge in [-0.25, -0.2) is 0 Å². The van der Waals surface area contributed by atoms with Crippen molar-refractivity contribution in [1.29, 1.82) is 0 Å². The molecule has 26 heavy (non-hydrogen) atoms. The molecule has 5 rings (SSSR count). The van der Waals surface area contributed by atoms with E-state index in [0.29, 0.717) is 6.04 Å². The molecule has 1 aliphatic rings. The maximum atomic E-state index is 4.62. The van der Waals surface area contributed by atoms with Crippen molar-refractivity contribution >= 4 is 16.6 Å². The van der Waals surface area contributed by atoms with Crippen LogP contribution in [-0.4, -0.2) is 21.2 Å². The Morgan fingerprint density at radius 2 is 1.62 bits per heavy atom. The summed E-state index contributed by atoms with van der Waals surface area (Å²) >= 11 is 0. The van der Waals surface area contributed by atoms with Gasteiger partial charge in [-0.3, -0.25) is 4.98 Å². The molecule has 0 bridgehead atoms. The van der Waals surface area contributed by atoms with E-state index in [2.05, 4.69) is 69.0 Å². The van der Waals surface area contributed by atoms with Gasteiger partial charge >= 0.3 is 0 Å². The van der Waals surface area contributed by atoms with E-state index < -0.39 is 0 Å². The summed E-state index contributed by atoms with van der Waals surface area (Å²) in [6.07, 6.45) is 6.04. The lowest BCUT2D eigenvalue weighted by Gasteiger charge is -2.13. The normalized spacial score (nSPS) is 13.7. The fraction of sp³-hybridized carbons (Fsp3) is 0.136. The first-order chi connectivity index (χ1) is 12.9. The van der Waals surface area contributed by atoms with Crippen LogP contribution in [0.4, 0.5) is 5.82 Å². The zero-order valence-corrected chi connectivity index (χ0v) is 14.3. The second-order valence-corrected chi connectivity index (χ2v) is 6.67. The Labute approximate surface area is 151 Å². The first-order valence-corrected chi connectivity index (χ1v) is 8.91. The molecule has 1 fully saturated rings. The van der Waals surface area contributed by atoms with E-state index >= 15 is 0 Å². The van der Waals surface area contributed by atoms with Crippen LogP contribution in [0.1, 0.15) is 12.8 Å². The fourth-order valence-electron chi connectivity index (χ4n) is 3.28. The quantitative estimate of drug-likeness (QED) is 0.573. The Balaban J connectivity index is 1.72. The van der Waals surface area contributed by atoms with Gasteiger partial charge in [-0.2, -0.15) is 0 Å². The predicted molar refractivity (Wildman–Crippen MR) is 105 cm³/mol. The summed E-state index contributed by atoms with van der Waals surface area (Å²) in [4.78, 5) is 4.15. The molecule has 0 saturated heterocycles. The lowest BCUT2D eigenvalue weighted by molar-refractivity contribution is 1.01. The average Bonchev–Trinajstić information content (AvgIpc) is 3.52. The highest BCUT2D eigenvalue weighted by Gasteiger charge is 2.22. The number of benzene rings is 2. The minimum atomic E-state index is 0.540. The van der Waals surface area contributed by atoms with Crippen LogP contribution < -0.4 is 5.32 Å². The first-order valence-electron chi connectivity index (χ1n) is 8.91. The largest absolute Gasteiger partial charge is 0.366 e. The van der Waals surface area contributed by atoms with E-state index in [-0.39, 0.29) is 0 Å². The lowest BCUT2D eigenvalue weighted by Crippen LogP contribution is -2.05. The SMILES string of the molecule is c1ccc2c(-c3nnc(NC4CC4)cc3-c3ccncc3)cccc2c1. The Hall–Kier alpha value is -3.27. The summed E-state index contributed by atoms with van der Waals surface area (Å²) in [5.74, 6) is 0.836. The molecule has 4 aromatic rings. The van der Waals surface area contributed by atoms with Gasteiger partial charge in [-0.1, -0.05) is 42.5 Å². The highest BCUT2D eigenvalue weighted by molar-refractivity contribution is 5.99. The van der Waals surface area contributed by atoms with Gasteiger partial charge in [0.1, 0.15) is 11.5 Å². The minimum absolute atomic E-state index is 0.540. The number of fused-ring (bicyclic) bond motifs is 1. The monoisotopic (exact) mass is 338 g/mol. The number of anilines is 1. The van der Waals surface area contributed by atoms with E-state index in [4.69, 9.17) is 0 Å².